The molecule has 0 amide bonds. The number of carboxylic acid groups (broad SMARTS) is 1. The Balaban J connectivity index is 1.90. The smallest absolute Gasteiger partial charge is 0.337 e. The first-order valence-electron chi connectivity index (χ1n) is 6.26. The number of carboxylic acids is 1. The van der Waals surface area contributed by atoms with Crippen molar-refractivity contribution in [2.75, 3.05) is 0 Å². The molecule has 0 radical (unpaired) electrons. The van der Waals surface area contributed by atoms with Crippen LogP contribution in [0, 0.1) is 5.82 Å². The van der Waals surface area contributed by atoms with Crippen molar-refractivity contribution in [3.05, 3.63) is 64.8 Å². The van der Waals surface area contributed by atoms with E-state index in [4.69, 9.17) is 9.84 Å². The largest absolute Gasteiger partial charge is 0.486 e. The predicted molar refractivity (Wildman–Crippen MR) is 79.5 cm³/mol. The van der Waals surface area contributed by atoms with E-state index in [1.807, 2.05) is 11.4 Å². The van der Waals surface area contributed by atoms with Gasteiger partial charge in [-0.1, -0.05) is 24.3 Å². The molecule has 0 aliphatic carbocycles. The van der Waals surface area contributed by atoms with Crippen LogP contribution in [0.1, 0.15) is 15.9 Å². The van der Waals surface area contributed by atoms with Crippen LogP contribution in [0.5, 0.6) is 5.75 Å². The Morgan fingerprint density at radius 3 is 2.76 bits per heavy atom. The molecule has 3 nitrogen and oxygen atoms in total. The Morgan fingerprint density at radius 2 is 2.00 bits per heavy atom. The number of halogens is 1. The number of thiophene rings is 1. The molecule has 21 heavy (non-hydrogen) atoms. The monoisotopic (exact) mass is 302 g/mol. The first-order chi connectivity index (χ1) is 10.2. The quantitative estimate of drug-likeness (QED) is 0.781. The summed E-state index contributed by atoms with van der Waals surface area (Å²) in [5.74, 6) is -1.18. The molecule has 3 aromatic rings. The minimum atomic E-state index is -0.955. The molecule has 3 rings (SSSR count). The summed E-state index contributed by atoms with van der Waals surface area (Å²) in [6.45, 7) is 0.198. The molecule has 0 saturated heterocycles. The molecule has 1 heterocycles. The first kappa shape index (κ1) is 13.6. The lowest BCUT2D eigenvalue weighted by Crippen LogP contribution is -1.98. The molecule has 1 N–H and O–H groups in total. The third-order valence-corrected chi connectivity index (χ3v) is 4.21. The molecule has 0 fully saturated rings. The van der Waals surface area contributed by atoms with Gasteiger partial charge in [-0.2, -0.15) is 0 Å². The Hall–Kier alpha value is -2.40. The maximum Gasteiger partial charge on any atom is 0.337 e. The number of benzene rings is 2. The van der Waals surface area contributed by atoms with Crippen molar-refractivity contribution in [3.63, 3.8) is 0 Å². The van der Waals surface area contributed by atoms with Crippen LogP contribution in [-0.2, 0) is 6.61 Å². The van der Waals surface area contributed by atoms with Crippen LogP contribution in [0.15, 0.2) is 47.8 Å². The molecule has 1 aromatic heterocycles. The molecule has 0 aliphatic rings. The van der Waals surface area contributed by atoms with Gasteiger partial charge in [-0.25, -0.2) is 9.18 Å². The molecule has 0 saturated carbocycles. The number of carbonyl (C=O) groups is 1. The van der Waals surface area contributed by atoms with E-state index < -0.39 is 11.8 Å². The average molecular weight is 302 g/mol. The molecule has 0 aliphatic heterocycles. The Bertz CT molecular complexity index is 810. The highest BCUT2D eigenvalue weighted by atomic mass is 32.1. The third kappa shape index (κ3) is 2.60. The second-order valence-electron chi connectivity index (χ2n) is 4.47. The van der Waals surface area contributed by atoms with Gasteiger partial charge in [0.05, 0.1) is 5.56 Å². The SMILES string of the molecule is O=C(O)c1cccc2c(COc3ccccc3F)csc12. The highest BCUT2D eigenvalue weighted by molar-refractivity contribution is 7.17. The highest BCUT2D eigenvalue weighted by Gasteiger charge is 2.13. The maximum absolute atomic E-state index is 13.5. The van der Waals surface area contributed by atoms with Crippen molar-refractivity contribution in [2.24, 2.45) is 0 Å². The number of hydrogen-bond donors (Lipinski definition) is 1. The van der Waals surface area contributed by atoms with Crippen molar-refractivity contribution >= 4 is 27.4 Å². The predicted octanol–water partition coefficient (Wildman–Crippen LogP) is 4.32. The summed E-state index contributed by atoms with van der Waals surface area (Å²) < 4.78 is 19.7. The summed E-state index contributed by atoms with van der Waals surface area (Å²) in [6.07, 6.45) is 0. The summed E-state index contributed by atoms with van der Waals surface area (Å²) in [6, 6.07) is 11.3. The van der Waals surface area contributed by atoms with Gasteiger partial charge in [-0.15, -0.1) is 11.3 Å². The van der Waals surface area contributed by atoms with E-state index in [-0.39, 0.29) is 17.9 Å². The zero-order valence-electron chi connectivity index (χ0n) is 10.9. The van der Waals surface area contributed by atoms with Gasteiger partial charge in [0, 0.05) is 10.3 Å². The summed E-state index contributed by atoms with van der Waals surface area (Å²) in [4.78, 5) is 11.2. The third-order valence-electron chi connectivity index (χ3n) is 3.13. The van der Waals surface area contributed by atoms with Gasteiger partial charge in [-0.3, -0.25) is 0 Å². The lowest BCUT2D eigenvalue weighted by Gasteiger charge is -2.06. The van der Waals surface area contributed by atoms with Crippen molar-refractivity contribution in [1.29, 1.82) is 0 Å². The summed E-state index contributed by atoms with van der Waals surface area (Å²) >= 11 is 1.35. The van der Waals surface area contributed by atoms with E-state index in [0.717, 1.165) is 10.9 Å². The van der Waals surface area contributed by atoms with Gasteiger partial charge in [0.15, 0.2) is 11.6 Å². The molecule has 0 unspecified atom stereocenters. The van der Waals surface area contributed by atoms with Gasteiger partial charge < -0.3 is 9.84 Å². The Kier molecular flexibility index (Phi) is 3.58. The summed E-state index contributed by atoms with van der Waals surface area (Å²) in [5, 5.41) is 11.8. The normalized spacial score (nSPS) is 10.7. The first-order valence-corrected chi connectivity index (χ1v) is 7.14. The van der Waals surface area contributed by atoms with Gasteiger partial charge >= 0.3 is 5.97 Å². The van der Waals surface area contributed by atoms with Crippen LogP contribution in [0.25, 0.3) is 10.1 Å². The summed E-state index contributed by atoms with van der Waals surface area (Å²) in [5.41, 5.74) is 1.12. The fraction of sp³-hybridized carbons (Fsp3) is 0.0625. The minimum Gasteiger partial charge on any atom is -0.486 e. The molecule has 0 bridgehead atoms. The van der Waals surface area contributed by atoms with Crippen molar-refractivity contribution in [2.45, 2.75) is 6.61 Å². The minimum absolute atomic E-state index is 0.186. The van der Waals surface area contributed by atoms with E-state index in [0.29, 0.717) is 4.70 Å². The fourth-order valence-corrected chi connectivity index (χ4v) is 3.17. The standard InChI is InChI=1S/C16H11FO3S/c17-13-6-1-2-7-14(13)20-8-10-9-21-15-11(10)4-3-5-12(15)16(18)19/h1-7,9H,8H2,(H,18,19). The van der Waals surface area contributed by atoms with Gasteiger partial charge in [0.25, 0.3) is 0 Å². The maximum atomic E-state index is 13.5. The Labute approximate surface area is 124 Å². The average Bonchev–Trinajstić information content (AvgIpc) is 2.89. The molecular formula is C16H11FO3S. The fourth-order valence-electron chi connectivity index (χ4n) is 2.11. The van der Waals surface area contributed by atoms with E-state index in [2.05, 4.69) is 0 Å². The molecule has 2 aromatic carbocycles. The number of fused-ring (bicyclic) bond motifs is 1. The molecule has 106 valence electrons. The van der Waals surface area contributed by atoms with Crippen LogP contribution in [0.4, 0.5) is 4.39 Å². The number of hydrogen-bond acceptors (Lipinski definition) is 3. The van der Waals surface area contributed by atoms with E-state index in [1.54, 1.807) is 30.3 Å². The van der Waals surface area contributed by atoms with Crippen molar-refractivity contribution in [1.82, 2.24) is 0 Å². The highest BCUT2D eigenvalue weighted by Crippen LogP contribution is 2.30. The van der Waals surface area contributed by atoms with Gasteiger partial charge in [0.1, 0.15) is 6.61 Å². The zero-order chi connectivity index (χ0) is 14.8. The van der Waals surface area contributed by atoms with Crippen LogP contribution in [-0.4, -0.2) is 11.1 Å². The van der Waals surface area contributed by atoms with Crippen LogP contribution >= 0.6 is 11.3 Å². The van der Waals surface area contributed by atoms with Gasteiger partial charge in [0.2, 0.25) is 0 Å². The lowest BCUT2D eigenvalue weighted by molar-refractivity contribution is 0.0699. The number of aromatic carboxylic acids is 1. The second-order valence-corrected chi connectivity index (χ2v) is 5.35. The van der Waals surface area contributed by atoms with Crippen molar-refractivity contribution in [3.8, 4) is 5.75 Å². The van der Waals surface area contributed by atoms with E-state index in [1.165, 1.54) is 17.4 Å². The Morgan fingerprint density at radius 1 is 1.19 bits per heavy atom. The topological polar surface area (TPSA) is 46.5 Å². The van der Waals surface area contributed by atoms with Crippen LogP contribution < -0.4 is 4.74 Å². The number of para-hydroxylation sites is 1. The van der Waals surface area contributed by atoms with Crippen molar-refractivity contribution < 1.29 is 19.0 Å². The second kappa shape index (κ2) is 5.54. The molecule has 5 heteroatoms. The number of ether oxygens (including phenoxy) is 1. The van der Waals surface area contributed by atoms with Crippen LogP contribution in [0.2, 0.25) is 0 Å². The zero-order valence-corrected chi connectivity index (χ0v) is 11.7. The molecule has 0 spiro atoms. The lowest BCUT2D eigenvalue weighted by atomic mass is 10.1. The molecule has 0 atom stereocenters. The summed E-state index contributed by atoms with van der Waals surface area (Å²) in [7, 11) is 0. The number of rotatable bonds is 4. The van der Waals surface area contributed by atoms with Gasteiger partial charge in [-0.05, 0) is 29.0 Å². The van der Waals surface area contributed by atoms with E-state index in [9.17, 15) is 9.18 Å². The van der Waals surface area contributed by atoms with Crippen LogP contribution in [0.3, 0.4) is 0 Å². The molecular weight excluding hydrogens is 291 g/mol. The van der Waals surface area contributed by atoms with E-state index >= 15 is 0 Å².